The normalized spacial score (nSPS) is 16.0. The Morgan fingerprint density at radius 3 is 2.21 bits per heavy atom. The van der Waals surface area contributed by atoms with E-state index in [1.165, 1.54) is 7.11 Å². The number of ether oxygens (including phenoxy) is 3. The zero-order valence-electron chi connectivity index (χ0n) is 27.7. The molecule has 1 N–H and O–H groups in total. The third kappa shape index (κ3) is 11.6. The molecule has 1 saturated heterocycles. The van der Waals surface area contributed by atoms with Crippen LogP contribution in [0.5, 0.6) is 0 Å². The van der Waals surface area contributed by atoms with Gasteiger partial charge in [0.2, 0.25) is 0 Å². The molecule has 0 bridgehead atoms. The van der Waals surface area contributed by atoms with Crippen molar-refractivity contribution < 1.29 is 43.3 Å². The quantitative estimate of drug-likeness (QED) is 0.111. The summed E-state index contributed by atoms with van der Waals surface area (Å²) in [7, 11) is 1.18. The van der Waals surface area contributed by atoms with Gasteiger partial charge in [-0.2, -0.15) is 0 Å². The number of benzene rings is 2. The summed E-state index contributed by atoms with van der Waals surface area (Å²) in [5, 5.41) is 8.91. The highest BCUT2D eigenvalue weighted by Crippen LogP contribution is 2.24. The highest BCUT2D eigenvalue weighted by Gasteiger charge is 2.46. The molecule has 1 heterocycles. The maximum Gasteiger partial charge on any atom is 0.417 e. The molecular weight excluding hydrogens is 602 g/mol. The molecule has 10 heteroatoms. The smallest absolute Gasteiger partial charge is 0.417 e. The summed E-state index contributed by atoms with van der Waals surface area (Å²) < 4.78 is 16.0. The lowest BCUT2D eigenvalue weighted by Crippen LogP contribution is -2.53. The number of aliphatic hydroxyl groups is 1. The van der Waals surface area contributed by atoms with E-state index >= 15 is 0 Å². The lowest BCUT2D eigenvalue weighted by atomic mass is 9.93. The number of carbonyl (C=O) groups is 5. The van der Waals surface area contributed by atoms with E-state index < -0.39 is 42.0 Å². The number of aryl methyl sites for hydroxylation is 1. The van der Waals surface area contributed by atoms with Crippen LogP contribution in [-0.4, -0.2) is 78.1 Å². The fraction of sp³-hybridized carbons (Fsp3) is 0.486. The van der Waals surface area contributed by atoms with E-state index in [9.17, 15) is 24.0 Å². The monoisotopic (exact) mass is 649 g/mol. The molecule has 2 aromatic rings. The zero-order valence-corrected chi connectivity index (χ0v) is 27.7. The van der Waals surface area contributed by atoms with Crippen LogP contribution in [0.1, 0.15) is 81.4 Å². The van der Waals surface area contributed by atoms with Gasteiger partial charge in [-0.15, -0.1) is 0 Å². The van der Waals surface area contributed by atoms with Crippen molar-refractivity contribution in [3.05, 3.63) is 77.4 Å². The summed E-state index contributed by atoms with van der Waals surface area (Å²) in [6.45, 7) is 3.14. The van der Waals surface area contributed by atoms with Crippen molar-refractivity contribution in [2.45, 2.75) is 96.3 Å². The number of ketones is 2. The number of hydrogen-bond donors (Lipinski definition) is 1. The third-order valence-corrected chi connectivity index (χ3v) is 8.09. The lowest BCUT2D eigenvalue weighted by molar-refractivity contribution is -0.166. The average Bonchev–Trinajstić information content (AvgIpc) is 3.41. The molecule has 3 atom stereocenters. The molecule has 1 fully saturated rings. The molecule has 0 aromatic heterocycles. The number of allylic oxidation sites excluding steroid dienone is 1. The Balaban J connectivity index is 1.81. The van der Waals surface area contributed by atoms with Gasteiger partial charge in [0.15, 0.2) is 23.8 Å². The lowest BCUT2D eigenvalue weighted by Gasteiger charge is -2.28. The number of hydrogen-bond acceptors (Lipinski definition) is 9. The van der Waals surface area contributed by atoms with Gasteiger partial charge in [0, 0.05) is 32.6 Å². The van der Waals surface area contributed by atoms with E-state index in [4.69, 9.17) is 19.3 Å². The van der Waals surface area contributed by atoms with Crippen LogP contribution in [0.25, 0.3) is 5.57 Å². The van der Waals surface area contributed by atoms with Gasteiger partial charge < -0.3 is 19.3 Å². The Bertz CT molecular complexity index is 1390. The zero-order chi connectivity index (χ0) is 34.2. The van der Waals surface area contributed by atoms with Gasteiger partial charge in [-0.25, -0.2) is 9.69 Å². The first-order valence-electron chi connectivity index (χ1n) is 16.4. The number of amides is 2. The molecule has 2 aromatic carbocycles. The van der Waals surface area contributed by atoms with Crippen LogP contribution in [-0.2, 0) is 39.8 Å². The van der Waals surface area contributed by atoms with Crippen molar-refractivity contribution in [3.63, 3.8) is 0 Å². The van der Waals surface area contributed by atoms with Crippen molar-refractivity contribution in [2.24, 2.45) is 0 Å². The van der Waals surface area contributed by atoms with Crippen LogP contribution in [0.4, 0.5) is 4.79 Å². The maximum atomic E-state index is 13.9. The minimum atomic E-state index is -1.76. The van der Waals surface area contributed by atoms with Crippen molar-refractivity contribution in [3.8, 4) is 0 Å². The van der Waals surface area contributed by atoms with Crippen molar-refractivity contribution >= 4 is 35.1 Å². The number of rotatable bonds is 20. The topological polar surface area (TPSA) is 137 Å². The Labute approximate surface area is 277 Å². The number of unbranched alkanes of at least 4 members (excludes halogenated alkanes) is 7. The van der Waals surface area contributed by atoms with Crippen LogP contribution >= 0.6 is 0 Å². The fourth-order valence-electron chi connectivity index (χ4n) is 5.66. The summed E-state index contributed by atoms with van der Waals surface area (Å²) in [4.78, 5) is 67.1. The number of carbonyl (C=O) groups excluding carboxylic acids is 5. The largest absolute Gasteiger partial charge is 0.451 e. The molecule has 3 rings (SSSR count). The summed E-state index contributed by atoms with van der Waals surface area (Å²) >= 11 is 0. The van der Waals surface area contributed by atoms with Crippen LogP contribution in [0.3, 0.4) is 0 Å². The molecule has 10 nitrogen and oxygen atoms in total. The van der Waals surface area contributed by atoms with Gasteiger partial charge in [-0.1, -0.05) is 98.7 Å². The molecule has 0 unspecified atom stereocenters. The van der Waals surface area contributed by atoms with Crippen molar-refractivity contribution in [2.75, 3.05) is 20.3 Å². The third-order valence-electron chi connectivity index (χ3n) is 8.09. The highest BCUT2D eigenvalue weighted by molar-refractivity contribution is 6.25. The van der Waals surface area contributed by atoms with E-state index in [0.717, 1.165) is 74.0 Å². The molecule has 0 radical (unpaired) electrons. The Hall–Kier alpha value is -4.15. The standard InChI is InChI=1S/C37H47NO9/c1-26-16-15-19-29(22-26)31(32(41)20-13-8-6-4-5-7-9-14-21-39)24-33(42)34(47-27(2)40)35(45-3)36(43)38-30(25-46-37(38)44)23-28-17-11-10-12-18-28/h10-12,15-19,22,24,30,34-35,39H,4-9,13-14,20-21,23,25H2,1-3H3/t30-,34+,35-/m1/s1. The number of esters is 1. The molecule has 47 heavy (non-hydrogen) atoms. The van der Waals surface area contributed by atoms with E-state index in [2.05, 4.69) is 0 Å². The molecule has 1 aliphatic heterocycles. The number of imide groups is 1. The first-order valence-corrected chi connectivity index (χ1v) is 16.4. The van der Waals surface area contributed by atoms with Crippen LogP contribution in [0.2, 0.25) is 0 Å². The second kappa shape index (κ2) is 19.5. The molecule has 1 aliphatic rings. The van der Waals surface area contributed by atoms with Crippen molar-refractivity contribution in [1.29, 1.82) is 0 Å². The SMILES string of the molecule is CO[C@@H](C(=O)N1C(=O)OC[C@H]1Cc1ccccc1)[C@@H](OC(C)=O)C(=O)C=C(C(=O)CCCCCCCCCCO)c1cccc(C)c1. The molecule has 0 saturated carbocycles. The van der Waals surface area contributed by atoms with Crippen LogP contribution in [0.15, 0.2) is 60.7 Å². The Morgan fingerprint density at radius 1 is 0.936 bits per heavy atom. The fourth-order valence-corrected chi connectivity index (χ4v) is 5.66. The predicted octanol–water partition coefficient (Wildman–Crippen LogP) is 5.56. The van der Waals surface area contributed by atoms with Gasteiger partial charge in [-0.05, 0) is 43.4 Å². The average molecular weight is 650 g/mol. The minimum absolute atomic E-state index is 0.0439. The second-order valence-corrected chi connectivity index (χ2v) is 11.9. The summed E-state index contributed by atoms with van der Waals surface area (Å²) in [6.07, 6.45) is 4.83. The summed E-state index contributed by atoms with van der Waals surface area (Å²) in [5.41, 5.74) is 2.43. The number of aliphatic hydroxyl groups excluding tert-OH is 1. The first-order chi connectivity index (χ1) is 22.7. The van der Waals surface area contributed by atoms with Crippen LogP contribution in [0, 0.1) is 6.92 Å². The number of methoxy groups -OCH3 is 1. The van der Waals surface area contributed by atoms with E-state index in [1.54, 1.807) is 18.2 Å². The second-order valence-electron chi connectivity index (χ2n) is 11.9. The number of Topliss-reactive ketones (excluding diaryl/α,β-unsaturated/α-hetero) is 1. The molecular formula is C37H47NO9. The molecule has 0 spiro atoms. The minimum Gasteiger partial charge on any atom is -0.451 e. The summed E-state index contributed by atoms with van der Waals surface area (Å²) in [5.74, 6) is -2.79. The molecule has 254 valence electrons. The molecule has 2 amide bonds. The first kappa shape index (κ1) is 37.3. The highest BCUT2D eigenvalue weighted by atomic mass is 16.6. The Kier molecular flexibility index (Phi) is 15.5. The predicted molar refractivity (Wildman–Crippen MR) is 176 cm³/mol. The number of cyclic esters (lactones) is 1. The van der Waals surface area contributed by atoms with E-state index in [1.807, 2.05) is 43.3 Å². The van der Waals surface area contributed by atoms with Gasteiger partial charge in [-0.3, -0.25) is 19.2 Å². The van der Waals surface area contributed by atoms with E-state index in [-0.39, 0.29) is 31.0 Å². The van der Waals surface area contributed by atoms with E-state index in [0.29, 0.717) is 18.4 Å². The molecule has 0 aliphatic carbocycles. The van der Waals surface area contributed by atoms with Gasteiger partial charge in [0.25, 0.3) is 5.91 Å². The van der Waals surface area contributed by atoms with Crippen LogP contribution < -0.4 is 0 Å². The van der Waals surface area contributed by atoms with Gasteiger partial charge >= 0.3 is 12.1 Å². The Morgan fingerprint density at radius 2 is 1.60 bits per heavy atom. The van der Waals surface area contributed by atoms with Crippen molar-refractivity contribution in [1.82, 2.24) is 4.90 Å². The van der Waals surface area contributed by atoms with Gasteiger partial charge in [0.05, 0.1) is 6.04 Å². The van der Waals surface area contributed by atoms with Gasteiger partial charge in [0.1, 0.15) is 6.61 Å². The number of nitrogens with zero attached hydrogens (tertiary/aromatic N) is 1. The summed E-state index contributed by atoms with van der Waals surface area (Å²) in [6, 6.07) is 15.8. The maximum absolute atomic E-state index is 13.9.